The van der Waals surface area contributed by atoms with Gasteiger partial charge < -0.3 is 4.74 Å². The van der Waals surface area contributed by atoms with Crippen LogP contribution in [0.1, 0.15) is 41.0 Å². The fourth-order valence-electron chi connectivity index (χ4n) is 2.30. The summed E-state index contributed by atoms with van der Waals surface area (Å²) < 4.78 is 5.52. The van der Waals surface area contributed by atoms with Crippen LogP contribution in [-0.2, 0) is 9.53 Å². The van der Waals surface area contributed by atoms with Crippen molar-refractivity contribution in [1.29, 1.82) is 0 Å². The molecule has 0 saturated carbocycles. The number of esters is 1. The molecule has 1 saturated heterocycles. The number of hydrogen-bond acceptors (Lipinski definition) is 2. The first kappa shape index (κ1) is 12.3. The van der Waals surface area contributed by atoms with Crippen molar-refractivity contribution in [2.24, 2.45) is 17.8 Å². The van der Waals surface area contributed by atoms with Gasteiger partial charge in [0.15, 0.2) is 0 Å². The molecule has 0 radical (unpaired) electrons. The van der Waals surface area contributed by atoms with Crippen LogP contribution < -0.4 is 0 Å². The summed E-state index contributed by atoms with van der Waals surface area (Å²) >= 11 is 0. The lowest BCUT2D eigenvalue weighted by atomic mass is 9.77. The van der Waals surface area contributed by atoms with E-state index < -0.39 is 0 Å². The summed E-state index contributed by atoms with van der Waals surface area (Å²) in [5.41, 5.74) is 0.835. The number of rotatable bonds is 2. The molecule has 1 fully saturated rings. The summed E-state index contributed by atoms with van der Waals surface area (Å²) in [4.78, 5) is 11.7. The van der Waals surface area contributed by atoms with Gasteiger partial charge in [0, 0.05) is 11.5 Å². The fourth-order valence-corrected chi connectivity index (χ4v) is 2.30. The van der Waals surface area contributed by atoms with Crippen molar-refractivity contribution in [2.75, 3.05) is 0 Å². The van der Waals surface area contributed by atoms with Gasteiger partial charge in [-0.1, -0.05) is 40.2 Å². The topological polar surface area (TPSA) is 26.3 Å². The quantitative estimate of drug-likeness (QED) is 0.517. The van der Waals surface area contributed by atoms with E-state index in [0.717, 1.165) is 12.0 Å². The van der Waals surface area contributed by atoms with Crippen LogP contribution in [0.3, 0.4) is 0 Å². The van der Waals surface area contributed by atoms with Crippen molar-refractivity contribution in [1.82, 2.24) is 0 Å². The van der Waals surface area contributed by atoms with Crippen molar-refractivity contribution in [2.45, 2.75) is 47.1 Å². The van der Waals surface area contributed by atoms with Gasteiger partial charge in [0.05, 0.1) is 0 Å². The maximum Gasteiger partial charge on any atom is 0.334 e. The predicted molar refractivity (Wildman–Crippen MR) is 61.4 cm³/mol. The molecule has 2 nitrogen and oxygen atoms in total. The molecule has 0 N–H and O–H groups in total. The molecule has 0 bridgehead atoms. The minimum Gasteiger partial charge on any atom is -0.458 e. The smallest absolute Gasteiger partial charge is 0.334 e. The second-order valence-corrected chi connectivity index (χ2v) is 4.65. The van der Waals surface area contributed by atoms with Crippen molar-refractivity contribution >= 4 is 5.97 Å². The Kier molecular flexibility index (Phi) is 3.95. The van der Waals surface area contributed by atoms with Gasteiger partial charge in [-0.15, -0.1) is 0 Å². The van der Waals surface area contributed by atoms with Gasteiger partial charge in [-0.05, 0) is 18.8 Å². The Labute approximate surface area is 92.7 Å². The Hall–Kier alpha value is -0.790. The zero-order chi connectivity index (χ0) is 11.6. The average molecular weight is 210 g/mol. The summed E-state index contributed by atoms with van der Waals surface area (Å²) in [6.45, 7) is 10.5. The molecule has 1 aliphatic rings. The first-order valence-electron chi connectivity index (χ1n) is 5.90. The molecular weight excluding hydrogens is 188 g/mol. The summed E-state index contributed by atoms with van der Waals surface area (Å²) in [5.74, 6) is 1.07. The Balaban J connectivity index is 2.87. The van der Waals surface area contributed by atoms with Gasteiger partial charge in [-0.25, -0.2) is 4.79 Å². The molecule has 2 heteroatoms. The van der Waals surface area contributed by atoms with E-state index >= 15 is 0 Å². The Bertz CT molecular complexity index is 268. The molecule has 1 aliphatic heterocycles. The van der Waals surface area contributed by atoms with E-state index in [1.54, 1.807) is 0 Å². The normalized spacial score (nSPS) is 36.5. The molecule has 0 spiro atoms. The predicted octanol–water partition coefficient (Wildman–Crippen LogP) is 3.18. The van der Waals surface area contributed by atoms with Crippen LogP contribution in [-0.4, -0.2) is 12.1 Å². The fraction of sp³-hybridized carbons (Fsp3) is 0.769. The Morgan fingerprint density at radius 3 is 2.53 bits per heavy atom. The minimum absolute atomic E-state index is 0.0844. The molecule has 86 valence electrons. The van der Waals surface area contributed by atoms with Gasteiger partial charge in [0.1, 0.15) is 6.10 Å². The third kappa shape index (κ3) is 2.24. The number of hydrogen-bond donors (Lipinski definition) is 0. The third-order valence-electron chi connectivity index (χ3n) is 3.79. The van der Waals surface area contributed by atoms with Crippen molar-refractivity contribution in [3.05, 3.63) is 11.6 Å². The van der Waals surface area contributed by atoms with Crippen LogP contribution >= 0.6 is 0 Å². The van der Waals surface area contributed by atoms with E-state index in [4.69, 9.17) is 4.74 Å². The molecule has 1 heterocycles. The Morgan fingerprint density at radius 1 is 1.47 bits per heavy atom. The maximum absolute atomic E-state index is 11.7. The second kappa shape index (κ2) is 4.82. The summed E-state index contributed by atoms with van der Waals surface area (Å²) in [7, 11) is 0. The highest BCUT2D eigenvalue weighted by Crippen LogP contribution is 2.35. The highest BCUT2D eigenvalue weighted by Gasteiger charge is 2.38. The second-order valence-electron chi connectivity index (χ2n) is 4.65. The minimum atomic E-state index is -0.117. The van der Waals surface area contributed by atoms with Crippen molar-refractivity contribution in [3.63, 3.8) is 0 Å². The molecule has 0 aromatic carbocycles. The van der Waals surface area contributed by atoms with E-state index in [-0.39, 0.29) is 12.1 Å². The number of cyclic esters (lactones) is 1. The zero-order valence-electron chi connectivity index (χ0n) is 10.4. The molecule has 0 aromatic rings. The summed E-state index contributed by atoms with van der Waals surface area (Å²) in [6, 6.07) is 0. The monoisotopic (exact) mass is 210 g/mol. The summed E-state index contributed by atoms with van der Waals surface area (Å²) in [6.07, 6.45) is 3.03. The molecule has 0 aliphatic carbocycles. The van der Waals surface area contributed by atoms with Crippen LogP contribution in [0.5, 0.6) is 0 Å². The highest BCUT2D eigenvalue weighted by atomic mass is 16.5. The van der Waals surface area contributed by atoms with Gasteiger partial charge in [0.25, 0.3) is 0 Å². The van der Waals surface area contributed by atoms with Gasteiger partial charge in [-0.3, -0.25) is 0 Å². The largest absolute Gasteiger partial charge is 0.458 e. The number of carbonyl (C=O) groups is 1. The summed E-state index contributed by atoms with van der Waals surface area (Å²) in [5, 5.41) is 0. The number of allylic oxidation sites excluding steroid dienone is 1. The van der Waals surface area contributed by atoms with E-state index in [0.29, 0.717) is 17.8 Å². The molecule has 1 rings (SSSR count). The van der Waals surface area contributed by atoms with E-state index in [1.807, 2.05) is 13.0 Å². The van der Waals surface area contributed by atoms with Crippen LogP contribution in [0, 0.1) is 17.8 Å². The Morgan fingerprint density at radius 2 is 2.07 bits per heavy atom. The average Bonchev–Trinajstić information content (AvgIpc) is 2.23. The van der Waals surface area contributed by atoms with Gasteiger partial charge in [0.2, 0.25) is 0 Å². The van der Waals surface area contributed by atoms with E-state index in [2.05, 4.69) is 27.7 Å². The maximum atomic E-state index is 11.7. The number of ether oxygens (including phenoxy) is 1. The van der Waals surface area contributed by atoms with Gasteiger partial charge in [-0.2, -0.15) is 0 Å². The van der Waals surface area contributed by atoms with Crippen LogP contribution in [0.2, 0.25) is 0 Å². The molecule has 15 heavy (non-hydrogen) atoms. The molecule has 4 unspecified atom stereocenters. The highest BCUT2D eigenvalue weighted by molar-refractivity contribution is 5.89. The van der Waals surface area contributed by atoms with Crippen molar-refractivity contribution < 1.29 is 9.53 Å². The standard InChI is InChI=1S/C13H22O2/c1-6-8(3)12-10(5)9(4)11(7-2)13(14)15-12/h7-10,12H,6H2,1-5H3/b11-7-. The van der Waals surface area contributed by atoms with E-state index in [1.165, 1.54) is 0 Å². The van der Waals surface area contributed by atoms with Crippen LogP contribution in [0.15, 0.2) is 11.6 Å². The van der Waals surface area contributed by atoms with E-state index in [9.17, 15) is 4.79 Å². The third-order valence-corrected chi connectivity index (χ3v) is 3.79. The molecule has 0 amide bonds. The lowest BCUT2D eigenvalue weighted by Crippen LogP contribution is -2.41. The SMILES string of the molecule is C/C=C1\C(=O)OC(C(C)CC)C(C)C1C. The first-order chi connectivity index (χ1) is 7.02. The molecule has 0 aromatic heterocycles. The zero-order valence-corrected chi connectivity index (χ0v) is 10.4. The van der Waals surface area contributed by atoms with Gasteiger partial charge >= 0.3 is 5.97 Å². The lowest BCUT2D eigenvalue weighted by Gasteiger charge is -2.38. The molecular formula is C13H22O2. The first-order valence-corrected chi connectivity index (χ1v) is 5.90. The molecule has 4 atom stereocenters. The van der Waals surface area contributed by atoms with Crippen LogP contribution in [0.25, 0.3) is 0 Å². The number of carbonyl (C=O) groups excluding carboxylic acids is 1. The van der Waals surface area contributed by atoms with Crippen molar-refractivity contribution in [3.8, 4) is 0 Å². The van der Waals surface area contributed by atoms with Crippen LogP contribution in [0.4, 0.5) is 0 Å². The lowest BCUT2D eigenvalue weighted by molar-refractivity contribution is -0.157.